The summed E-state index contributed by atoms with van der Waals surface area (Å²) in [5.74, 6) is -1.00. The van der Waals surface area contributed by atoms with Gasteiger partial charge in [0.25, 0.3) is 0 Å². The lowest BCUT2D eigenvalue weighted by atomic mass is 9.97. The van der Waals surface area contributed by atoms with Crippen LogP contribution in [0.15, 0.2) is 18.2 Å². The van der Waals surface area contributed by atoms with Gasteiger partial charge in [-0.25, -0.2) is 8.78 Å². The highest BCUT2D eigenvalue weighted by Crippen LogP contribution is 2.29. The number of benzene rings is 1. The van der Waals surface area contributed by atoms with Gasteiger partial charge in [-0.05, 0) is 50.4 Å². The summed E-state index contributed by atoms with van der Waals surface area (Å²) >= 11 is 0. The molecule has 3 rings (SSSR count). The third kappa shape index (κ3) is 2.86. The van der Waals surface area contributed by atoms with Gasteiger partial charge < -0.3 is 5.32 Å². The third-order valence-corrected chi connectivity index (χ3v) is 4.70. The van der Waals surface area contributed by atoms with Crippen molar-refractivity contribution in [3.05, 3.63) is 35.4 Å². The molecular formula is C16H22F2N2. The standard InChI is InChI=1S/C16H22F2N2/c1-11(12-8-13(17)10-14(18)9-12)19-15-5-7-20-6-3-2-4-16(15)20/h8-11,15-16,19H,2-7H2,1H3. The second kappa shape index (κ2) is 5.78. The van der Waals surface area contributed by atoms with Gasteiger partial charge in [-0.1, -0.05) is 6.42 Å². The molecule has 3 unspecified atom stereocenters. The molecule has 0 bridgehead atoms. The molecule has 1 aromatic carbocycles. The van der Waals surface area contributed by atoms with Crippen molar-refractivity contribution in [1.29, 1.82) is 0 Å². The molecule has 0 spiro atoms. The second-order valence-electron chi connectivity index (χ2n) is 6.09. The average molecular weight is 280 g/mol. The number of nitrogens with one attached hydrogen (secondary N) is 1. The maximum atomic E-state index is 13.3. The van der Waals surface area contributed by atoms with E-state index >= 15 is 0 Å². The van der Waals surface area contributed by atoms with Gasteiger partial charge in [-0.2, -0.15) is 0 Å². The first-order chi connectivity index (χ1) is 9.63. The molecule has 2 saturated heterocycles. The molecule has 3 atom stereocenters. The van der Waals surface area contributed by atoms with E-state index in [0.29, 0.717) is 17.6 Å². The fourth-order valence-electron chi connectivity index (χ4n) is 3.68. The first-order valence-corrected chi connectivity index (χ1v) is 7.59. The van der Waals surface area contributed by atoms with Crippen LogP contribution in [0, 0.1) is 11.6 Å². The summed E-state index contributed by atoms with van der Waals surface area (Å²) in [6.07, 6.45) is 4.96. The SMILES string of the molecule is CC(NC1CCN2CCCCC12)c1cc(F)cc(F)c1. The van der Waals surface area contributed by atoms with Crippen molar-refractivity contribution >= 4 is 0 Å². The van der Waals surface area contributed by atoms with E-state index in [1.165, 1.54) is 37.9 Å². The van der Waals surface area contributed by atoms with Gasteiger partial charge in [0.15, 0.2) is 0 Å². The zero-order valence-electron chi connectivity index (χ0n) is 11.9. The number of nitrogens with zero attached hydrogens (tertiary/aromatic N) is 1. The minimum absolute atomic E-state index is 0.0212. The molecule has 0 saturated carbocycles. The normalized spacial score (nSPS) is 28.4. The lowest BCUT2D eigenvalue weighted by Crippen LogP contribution is -2.45. The first kappa shape index (κ1) is 14.0. The van der Waals surface area contributed by atoms with Gasteiger partial charge in [-0.15, -0.1) is 0 Å². The molecule has 0 amide bonds. The Hall–Kier alpha value is -1.00. The van der Waals surface area contributed by atoms with Gasteiger partial charge in [0, 0.05) is 30.7 Å². The highest BCUT2D eigenvalue weighted by atomic mass is 19.1. The molecule has 20 heavy (non-hydrogen) atoms. The largest absolute Gasteiger partial charge is 0.306 e. The van der Waals surface area contributed by atoms with E-state index in [1.54, 1.807) is 0 Å². The maximum absolute atomic E-state index is 13.3. The number of hydrogen-bond donors (Lipinski definition) is 1. The van der Waals surface area contributed by atoms with Crippen LogP contribution in [-0.4, -0.2) is 30.1 Å². The van der Waals surface area contributed by atoms with Crippen molar-refractivity contribution in [2.24, 2.45) is 0 Å². The van der Waals surface area contributed by atoms with Gasteiger partial charge in [0.05, 0.1) is 0 Å². The molecule has 1 aromatic rings. The van der Waals surface area contributed by atoms with Crippen molar-refractivity contribution in [3.8, 4) is 0 Å². The summed E-state index contributed by atoms with van der Waals surface area (Å²) in [4.78, 5) is 2.56. The topological polar surface area (TPSA) is 15.3 Å². The van der Waals surface area contributed by atoms with E-state index in [9.17, 15) is 8.78 Å². The molecule has 2 heterocycles. The predicted molar refractivity (Wildman–Crippen MR) is 75.5 cm³/mol. The zero-order valence-corrected chi connectivity index (χ0v) is 11.9. The molecular weight excluding hydrogens is 258 g/mol. The van der Waals surface area contributed by atoms with Crippen LogP contribution in [0.5, 0.6) is 0 Å². The summed E-state index contributed by atoms with van der Waals surface area (Å²) in [6, 6.07) is 4.80. The van der Waals surface area contributed by atoms with Crippen molar-refractivity contribution in [1.82, 2.24) is 10.2 Å². The molecule has 0 radical (unpaired) electrons. The smallest absolute Gasteiger partial charge is 0.126 e. The summed E-state index contributed by atoms with van der Waals surface area (Å²) in [6.45, 7) is 4.33. The molecule has 4 heteroatoms. The molecule has 2 aliphatic rings. The first-order valence-electron chi connectivity index (χ1n) is 7.59. The van der Waals surface area contributed by atoms with Crippen LogP contribution in [-0.2, 0) is 0 Å². The Labute approximate surface area is 119 Å². The lowest BCUT2D eigenvalue weighted by Gasteiger charge is -2.34. The van der Waals surface area contributed by atoms with E-state index in [0.717, 1.165) is 19.0 Å². The predicted octanol–water partition coefficient (Wildman–Crippen LogP) is 3.24. The summed E-state index contributed by atoms with van der Waals surface area (Å²) in [7, 11) is 0. The minimum Gasteiger partial charge on any atom is -0.306 e. The summed E-state index contributed by atoms with van der Waals surface area (Å²) in [5, 5.41) is 3.57. The van der Waals surface area contributed by atoms with Crippen LogP contribution >= 0.6 is 0 Å². The molecule has 1 N–H and O–H groups in total. The van der Waals surface area contributed by atoms with E-state index in [1.807, 2.05) is 6.92 Å². The van der Waals surface area contributed by atoms with Crippen LogP contribution in [0.25, 0.3) is 0 Å². The summed E-state index contributed by atoms with van der Waals surface area (Å²) in [5.41, 5.74) is 0.691. The van der Waals surface area contributed by atoms with Crippen molar-refractivity contribution < 1.29 is 8.78 Å². The third-order valence-electron chi connectivity index (χ3n) is 4.70. The van der Waals surface area contributed by atoms with Crippen LogP contribution in [0.1, 0.15) is 44.2 Å². The Morgan fingerprint density at radius 2 is 1.85 bits per heavy atom. The van der Waals surface area contributed by atoms with Gasteiger partial charge in [-0.3, -0.25) is 4.90 Å². The average Bonchev–Trinajstić information content (AvgIpc) is 2.81. The van der Waals surface area contributed by atoms with E-state index in [-0.39, 0.29) is 6.04 Å². The Balaban J connectivity index is 1.68. The van der Waals surface area contributed by atoms with Crippen LogP contribution in [0.2, 0.25) is 0 Å². The fraction of sp³-hybridized carbons (Fsp3) is 0.625. The fourth-order valence-corrected chi connectivity index (χ4v) is 3.68. The molecule has 2 nitrogen and oxygen atoms in total. The van der Waals surface area contributed by atoms with Crippen molar-refractivity contribution in [3.63, 3.8) is 0 Å². The Kier molecular flexibility index (Phi) is 4.03. The van der Waals surface area contributed by atoms with E-state index in [2.05, 4.69) is 10.2 Å². The van der Waals surface area contributed by atoms with Gasteiger partial charge in [0.1, 0.15) is 11.6 Å². The molecule has 2 fully saturated rings. The quantitative estimate of drug-likeness (QED) is 0.914. The highest BCUT2D eigenvalue weighted by molar-refractivity contribution is 5.21. The minimum atomic E-state index is -0.501. The Morgan fingerprint density at radius 1 is 1.10 bits per heavy atom. The zero-order chi connectivity index (χ0) is 14.1. The number of hydrogen-bond acceptors (Lipinski definition) is 2. The number of halogens is 2. The van der Waals surface area contributed by atoms with Gasteiger partial charge >= 0.3 is 0 Å². The van der Waals surface area contributed by atoms with Crippen molar-refractivity contribution in [2.75, 3.05) is 13.1 Å². The van der Waals surface area contributed by atoms with Crippen LogP contribution < -0.4 is 5.32 Å². The molecule has 2 aliphatic heterocycles. The Morgan fingerprint density at radius 3 is 2.60 bits per heavy atom. The van der Waals surface area contributed by atoms with Crippen molar-refractivity contribution in [2.45, 2.75) is 50.7 Å². The van der Waals surface area contributed by atoms with Crippen LogP contribution in [0.4, 0.5) is 8.78 Å². The molecule has 0 aromatic heterocycles. The molecule has 110 valence electrons. The summed E-state index contributed by atoms with van der Waals surface area (Å²) < 4.78 is 26.6. The van der Waals surface area contributed by atoms with E-state index in [4.69, 9.17) is 0 Å². The van der Waals surface area contributed by atoms with Gasteiger partial charge in [0.2, 0.25) is 0 Å². The Bertz CT molecular complexity index is 457. The second-order valence-corrected chi connectivity index (χ2v) is 6.09. The lowest BCUT2D eigenvalue weighted by molar-refractivity contribution is 0.177. The number of rotatable bonds is 3. The highest BCUT2D eigenvalue weighted by Gasteiger charge is 2.35. The molecule has 0 aliphatic carbocycles. The van der Waals surface area contributed by atoms with E-state index < -0.39 is 11.6 Å². The monoisotopic (exact) mass is 280 g/mol. The number of fused-ring (bicyclic) bond motifs is 1. The number of piperidine rings is 1. The van der Waals surface area contributed by atoms with Crippen LogP contribution in [0.3, 0.4) is 0 Å². The maximum Gasteiger partial charge on any atom is 0.126 e.